The Balaban J connectivity index is 3.15. The number of nitrogens with zero attached hydrogens (tertiary/aromatic N) is 2. The molecule has 0 aliphatic rings. The van der Waals surface area contributed by atoms with Crippen LogP contribution in [-0.2, 0) is 6.61 Å². The van der Waals surface area contributed by atoms with Crippen molar-refractivity contribution >= 4 is 21.7 Å². The lowest BCUT2D eigenvalue weighted by molar-refractivity contribution is -0.389. The summed E-state index contributed by atoms with van der Waals surface area (Å²) in [6.45, 7) is -0.305. The molecule has 1 aromatic heterocycles. The molecule has 0 spiro atoms. The van der Waals surface area contributed by atoms with E-state index in [9.17, 15) is 10.1 Å². The zero-order valence-electron chi connectivity index (χ0n) is 5.90. The van der Waals surface area contributed by atoms with Crippen LogP contribution in [0.5, 0.6) is 0 Å². The van der Waals surface area contributed by atoms with E-state index < -0.39 is 4.92 Å². The lowest BCUT2D eigenvalue weighted by Crippen LogP contribution is -1.96. The molecule has 1 heterocycles. The third-order valence-electron chi connectivity index (χ3n) is 1.18. The first-order valence-corrected chi connectivity index (χ1v) is 3.84. The molecule has 1 aromatic rings. The second-order valence-electron chi connectivity index (χ2n) is 2.05. The monoisotopic (exact) mass is 232 g/mol. The number of aromatic nitrogens is 1. The smallest absolute Gasteiger partial charge is 0.364 e. The normalized spacial score (nSPS) is 9.83. The summed E-state index contributed by atoms with van der Waals surface area (Å²) in [7, 11) is 0. The molecule has 6 heteroatoms. The van der Waals surface area contributed by atoms with Crippen molar-refractivity contribution in [1.29, 1.82) is 0 Å². The molecule has 0 atom stereocenters. The molecule has 5 nitrogen and oxygen atoms in total. The standard InChI is InChI=1S/C6H5BrN2O3/c7-4-1-5(3-10)8-6(2-4)9(11)12/h1-2,10H,3H2. The van der Waals surface area contributed by atoms with Crippen molar-refractivity contribution < 1.29 is 10.0 Å². The third kappa shape index (κ3) is 1.99. The fourth-order valence-corrected chi connectivity index (χ4v) is 1.18. The van der Waals surface area contributed by atoms with Gasteiger partial charge in [-0.05, 0) is 9.91 Å². The summed E-state index contributed by atoms with van der Waals surface area (Å²) in [5.74, 6) is -0.270. The van der Waals surface area contributed by atoms with Crippen molar-refractivity contribution in [3.05, 3.63) is 32.4 Å². The number of rotatable bonds is 2. The first-order chi connectivity index (χ1) is 5.63. The summed E-state index contributed by atoms with van der Waals surface area (Å²) >= 11 is 3.07. The van der Waals surface area contributed by atoms with E-state index >= 15 is 0 Å². The molecule has 12 heavy (non-hydrogen) atoms. The van der Waals surface area contributed by atoms with E-state index in [1.165, 1.54) is 12.1 Å². The molecule has 0 saturated carbocycles. The molecule has 0 radical (unpaired) electrons. The molecule has 0 amide bonds. The molecule has 0 bridgehead atoms. The largest absolute Gasteiger partial charge is 0.388 e. The van der Waals surface area contributed by atoms with E-state index in [0.717, 1.165) is 0 Å². The lowest BCUT2D eigenvalue weighted by Gasteiger charge is -1.94. The molecule has 1 N–H and O–H groups in total. The fourth-order valence-electron chi connectivity index (χ4n) is 0.710. The Morgan fingerprint density at radius 3 is 2.83 bits per heavy atom. The molecule has 0 fully saturated rings. The highest BCUT2D eigenvalue weighted by Crippen LogP contribution is 2.17. The molecule has 1 rings (SSSR count). The van der Waals surface area contributed by atoms with Crippen molar-refractivity contribution in [2.45, 2.75) is 6.61 Å². The summed E-state index contributed by atoms with van der Waals surface area (Å²) in [5.41, 5.74) is 0.274. The zero-order chi connectivity index (χ0) is 9.14. The highest BCUT2D eigenvalue weighted by Gasteiger charge is 2.10. The summed E-state index contributed by atoms with van der Waals surface area (Å²) < 4.78 is 0.535. The van der Waals surface area contributed by atoms with Gasteiger partial charge in [0.25, 0.3) is 0 Å². The Morgan fingerprint density at radius 1 is 1.67 bits per heavy atom. The van der Waals surface area contributed by atoms with Gasteiger partial charge in [-0.25, -0.2) is 0 Å². The van der Waals surface area contributed by atoms with Gasteiger partial charge in [0.05, 0.1) is 6.07 Å². The van der Waals surface area contributed by atoms with E-state index in [4.69, 9.17) is 5.11 Å². The summed E-state index contributed by atoms with van der Waals surface area (Å²) in [6.07, 6.45) is 0. The van der Waals surface area contributed by atoms with E-state index in [1.807, 2.05) is 0 Å². The Kier molecular flexibility index (Phi) is 2.72. The Hall–Kier alpha value is -1.01. The van der Waals surface area contributed by atoms with Gasteiger partial charge in [0, 0.05) is 10.5 Å². The number of hydrogen-bond acceptors (Lipinski definition) is 4. The molecule has 0 aromatic carbocycles. The highest BCUT2D eigenvalue weighted by molar-refractivity contribution is 9.10. The number of aliphatic hydroxyl groups excluding tert-OH is 1. The fraction of sp³-hybridized carbons (Fsp3) is 0.167. The van der Waals surface area contributed by atoms with Crippen LogP contribution >= 0.6 is 15.9 Å². The topological polar surface area (TPSA) is 76.3 Å². The van der Waals surface area contributed by atoms with Gasteiger partial charge in [-0.2, -0.15) is 0 Å². The third-order valence-corrected chi connectivity index (χ3v) is 1.64. The predicted octanol–water partition coefficient (Wildman–Crippen LogP) is 1.24. The second kappa shape index (κ2) is 3.59. The van der Waals surface area contributed by atoms with Gasteiger partial charge in [0.2, 0.25) is 0 Å². The maximum atomic E-state index is 10.3. The number of aliphatic hydroxyl groups is 1. The van der Waals surface area contributed by atoms with Crippen LogP contribution in [0, 0.1) is 10.1 Å². The van der Waals surface area contributed by atoms with Gasteiger partial charge in [-0.3, -0.25) is 0 Å². The van der Waals surface area contributed by atoms with Crippen LogP contribution in [0.3, 0.4) is 0 Å². The van der Waals surface area contributed by atoms with Crippen molar-refractivity contribution in [3.63, 3.8) is 0 Å². The summed E-state index contributed by atoms with van der Waals surface area (Å²) in [6, 6.07) is 2.80. The molecular formula is C6H5BrN2O3. The van der Waals surface area contributed by atoms with Gasteiger partial charge in [-0.15, -0.1) is 0 Å². The number of pyridine rings is 1. The van der Waals surface area contributed by atoms with Gasteiger partial charge in [0.1, 0.15) is 6.61 Å². The average molecular weight is 233 g/mol. The molecule has 0 aliphatic carbocycles. The van der Waals surface area contributed by atoms with Gasteiger partial charge in [-0.1, -0.05) is 15.9 Å². The molecular weight excluding hydrogens is 228 g/mol. The minimum Gasteiger partial charge on any atom is -0.388 e. The summed E-state index contributed by atoms with van der Waals surface area (Å²) in [4.78, 5) is 13.2. The van der Waals surface area contributed by atoms with Crippen LogP contribution in [0.4, 0.5) is 5.82 Å². The zero-order valence-corrected chi connectivity index (χ0v) is 7.48. The maximum Gasteiger partial charge on any atom is 0.364 e. The molecule has 0 aliphatic heterocycles. The average Bonchev–Trinajstić information content (AvgIpc) is 2.03. The van der Waals surface area contributed by atoms with E-state index in [0.29, 0.717) is 4.47 Å². The minimum absolute atomic E-state index is 0.270. The maximum absolute atomic E-state index is 10.3. The van der Waals surface area contributed by atoms with Gasteiger partial charge >= 0.3 is 5.82 Å². The minimum atomic E-state index is -0.607. The first-order valence-electron chi connectivity index (χ1n) is 3.05. The van der Waals surface area contributed by atoms with Gasteiger partial charge < -0.3 is 15.2 Å². The summed E-state index contributed by atoms with van der Waals surface area (Å²) in [5, 5.41) is 18.9. The van der Waals surface area contributed by atoms with Crippen LogP contribution in [0.1, 0.15) is 5.69 Å². The number of halogens is 1. The van der Waals surface area contributed by atoms with Crippen LogP contribution in [-0.4, -0.2) is 15.0 Å². The van der Waals surface area contributed by atoms with Crippen LogP contribution in [0.15, 0.2) is 16.6 Å². The van der Waals surface area contributed by atoms with Crippen LogP contribution < -0.4 is 0 Å². The van der Waals surface area contributed by atoms with Crippen molar-refractivity contribution in [2.75, 3.05) is 0 Å². The molecule has 64 valence electrons. The van der Waals surface area contributed by atoms with Crippen LogP contribution in [0.2, 0.25) is 0 Å². The van der Waals surface area contributed by atoms with E-state index in [2.05, 4.69) is 20.9 Å². The van der Waals surface area contributed by atoms with Gasteiger partial charge in [0.15, 0.2) is 5.69 Å². The van der Waals surface area contributed by atoms with Crippen molar-refractivity contribution in [1.82, 2.24) is 4.98 Å². The predicted molar refractivity (Wildman–Crippen MR) is 44.5 cm³/mol. The first kappa shape index (κ1) is 9.08. The second-order valence-corrected chi connectivity index (χ2v) is 2.97. The number of hydrogen-bond donors (Lipinski definition) is 1. The Morgan fingerprint density at radius 2 is 2.33 bits per heavy atom. The van der Waals surface area contributed by atoms with E-state index in [-0.39, 0.29) is 18.1 Å². The van der Waals surface area contributed by atoms with Crippen molar-refractivity contribution in [3.8, 4) is 0 Å². The number of nitro groups is 1. The molecule has 0 unspecified atom stereocenters. The molecule has 0 saturated heterocycles. The lowest BCUT2D eigenvalue weighted by atomic mass is 10.3. The van der Waals surface area contributed by atoms with Crippen molar-refractivity contribution in [2.24, 2.45) is 0 Å². The Bertz CT molecular complexity index is 316. The SMILES string of the molecule is O=[N+]([O-])c1cc(Br)cc(CO)n1. The highest BCUT2D eigenvalue weighted by atomic mass is 79.9. The Labute approximate surface area is 76.3 Å². The van der Waals surface area contributed by atoms with Crippen LogP contribution in [0.25, 0.3) is 0 Å². The van der Waals surface area contributed by atoms with E-state index in [1.54, 1.807) is 0 Å². The quantitative estimate of drug-likeness (QED) is 0.615.